The fourth-order valence-corrected chi connectivity index (χ4v) is 2.08. The Hall–Kier alpha value is -1.35. The predicted molar refractivity (Wildman–Crippen MR) is 66.9 cm³/mol. The van der Waals surface area contributed by atoms with Crippen molar-refractivity contribution in [2.75, 3.05) is 6.54 Å². The number of aliphatic carboxylic acids is 1. The van der Waals surface area contributed by atoms with Crippen LogP contribution in [0.25, 0.3) is 0 Å². The monoisotopic (exact) mass is 233 g/mol. The lowest BCUT2D eigenvalue weighted by molar-refractivity contribution is -0.137. The van der Waals surface area contributed by atoms with Gasteiger partial charge in [0.2, 0.25) is 0 Å². The molecule has 1 aliphatic carbocycles. The highest BCUT2D eigenvalue weighted by Crippen LogP contribution is 2.28. The SMILES string of the molecule is Cc1ccccc1CN(CCC(=O)O)C1CC1. The van der Waals surface area contributed by atoms with Gasteiger partial charge in [-0.1, -0.05) is 24.3 Å². The Bertz CT molecular complexity index is 399. The Labute approximate surface area is 102 Å². The van der Waals surface area contributed by atoms with Gasteiger partial charge in [-0.05, 0) is 30.9 Å². The minimum absolute atomic E-state index is 0.238. The van der Waals surface area contributed by atoms with Crippen molar-refractivity contribution >= 4 is 5.97 Å². The molecule has 0 aromatic heterocycles. The quantitative estimate of drug-likeness (QED) is 0.820. The molecule has 92 valence electrons. The number of nitrogens with zero attached hydrogens (tertiary/aromatic N) is 1. The van der Waals surface area contributed by atoms with Crippen molar-refractivity contribution < 1.29 is 9.90 Å². The fraction of sp³-hybridized carbons (Fsp3) is 0.500. The van der Waals surface area contributed by atoms with Crippen molar-refractivity contribution in [2.45, 2.75) is 38.8 Å². The van der Waals surface area contributed by atoms with Gasteiger partial charge in [-0.25, -0.2) is 0 Å². The van der Waals surface area contributed by atoms with E-state index in [9.17, 15) is 4.79 Å². The molecule has 3 heteroatoms. The lowest BCUT2D eigenvalue weighted by Gasteiger charge is -2.22. The molecule has 17 heavy (non-hydrogen) atoms. The molecule has 0 radical (unpaired) electrons. The Morgan fingerprint density at radius 3 is 2.71 bits per heavy atom. The molecule has 1 saturated carbocycles. The first kappa shape index (κ1) is 12.1. The van der Waals surface area contributed by atoms with E-state index in [4.69, 9.17) is 5.11 Å². The van der Waals surface area contributed by atoms with E-state index in [0.29, 0.717) is 12.6 Å². The van der Waals surface area contributed by atoms with Crippen LogP contribution in [0.1, 0.15) is 30.4 Å². The van der Waals surface area contributed by atoms with E-state index in [-0.39, 0.29) is 6.42 Å². The van der Waals surface area contributed by atoms with Crippen molar-refractivity contribution in [2.24, 2.45) is 0 Å². The molecule has 0 saturated heterocycles. The Kier molecular flexibility index (Phi) is 3.79. The summed E-state index contributed by atoms with van der Waals surface area (Å²) >= 11 is 0. The summed E-state index contributed by atoms with van der Waals surface area (Å²) in [6.07, 6.45) is 2.67. The first-order valence-corrected chi connectivity index (χ1v) is 6.17. The van der Waals surface area contributed by atoms with Crippen molar-refractivity contribution in [3.05, 3.63) is 35.4 Å². The summed E-state index contributed by atoms with van der Waals surface area (Å²) in [5.74, 6) is -0.708. The Balaban J connectivity index is 1.97. The van der Waals surface area contributed by atoms with Gasteiger partial charge < -0.3 is 5.11 Å². The third-order valence-electron chi connectivity index (χ3n) is 3.31. The zero-order chi connectivity index (χ0) is 12.3. The smallest absolute Gasteiger partial charge is 0.304 e. The van der Waals surface area contributed by atoms with Crippen LogP contribution < -0.4 is 0 Å². The summed E-state index contributed by atoms with van der Waals surface area (Å²) in [5, 5.41) is 8.76. The molecule has 2 rings (SSSR count). The zero-order valence-electron chi connectivity index (χ0n) is 10.2. The lowest BCUT2D eigenvalue weighted by Crippen LogP contribution is -2.28. The normalized spacial score (nSPS) is 15.2. The number of carboxylic acids is 1. The molecule has 0 unspecified atom stereocenters. The van der Waals surface area contributed by atoms with E-state index < -0.39 is 5.97 Å². The first-order valence-electron chi connectivity index (χ1n) is 6.17. The third kappa shape index (κ3) is 3.56. The molecule has 1 fully saturated rings. The van der Waals surface area contributed by atoms with Gasteiger partial charge in [0.25, 0.3) is 0 Å². The van der Waals surface area contributed by atoms with Crippen LogP contribution in [-0.4, -0.2) is 28.6 Å². The summed E-state index contributed by atoms with van der Waals surface area (Å²) in [4.78, 5) is 12.9. The van der Waals surface area contributed by atoms with Crippen molar-refractivity contribution in [1.82, 2.24) is 4.90 Å². The second kappa shape index (κ2) is 5.32. The molecule has 1 aromatic rings. The summed E-state index contributed by atoms with van der Waals surface area (Å²) in [5.41, 5.74) is 2.60. The van der Waals surface area contributed by atoms with Gasteiger partial charge in [-0.15, -0.1) is 0 Å². The second-order valence-corrected chi connectivity index (χ2v) is 4.77. The molecule has 0 atom stereocenters. The molecule has 3 nitrogen and oxygen atoms in total. The van der Waals surface area contributed by atoms with Crippen LogP contribution in [-0.2, 0) is 11.3 Å². The van der Waals surface area contributed by atoms with Crippen LogP contribution in [0.3, 0.4) is 0 Å². The van der Waals surface area contributed by atoms with Crippen LogP contribution >= 0.6 is 0 Å². The highest BCUT2D eigenvalue weighted by Gasteiger charge is 2.29. The third-order valence-corrected chi connectivity index (χ3v) is 3.31. The molecule has 1 N–H and O–H groups in total. The van der Waals surface area contributed by atoms with Gasteiger partial charge in [-0.3, -0.25) is 9.69 Å². The lowest BCUT2D eigenvalue weighted by atomic mass is 10.1. The maximum atomic E-state index is 10.6. The number of rotatable bonds is 6. The fourth-order valence-electron chi connectivity index (χ4n) is 2.08. The number of benzene rings is 1. The number of aryl methyl sites for hydroxylation is 1. The van der Waals surface area contributed by atoms with Crippen LogP contribution in [0.4, 0.5) is 0 Å². The summed E-state index contributed by atoms with van der Waals surface area (Å²) in [6.45, 7) is 3.65. The van der Waals surface area contributed by atoms with E-state index in [1.807, 2.05) is 12.1 Å². The number of hydrogen-bond donors (Lipinski definition) is 1. The largest absolute Gasteiger partial charge is 0.481 e. The van der Waals surface area contributed by atoms with Crippen molar-refractivity contribution in [3.63, 3.8) is 0 Å². The Morgan fingerprint density at radius 2 is 2.12 bits per heavy atom. The Morgan fingerprint density at radius 1 is 1.41 bits per heavy atom. The minimum atomic E-state index is -0.708. The standard InChI is InChI=1S/C14H19NO2/c1-11-4-2-3-5-12(11)10-15(13-6-7-13)9-8-14(16)17/h2-5,13H,6-10H2,1H3,(H,16,17). The van der Waals surface area contributed by atoms with E-state index >= 15 is 0 Å². The van der Waals surface area contributed by atoms with Crippen LogP contribution in [0.2, 0.25) is 0 Å². The van der Waals surface area contributed by atoms with Crippen molar-refractivity contribution in [1.29, 1.82) is 0 Å². The molecule has 0 heterocycles. The van der Waals surface area contributed by atoms with Gasteiger partial charge >= 0.3 is 5.97 Å². The highest BCUT2D eigenvalue weighted by atomic mass is 16.4. The van der Waals surface area contributed by atoms with Crippen LogP contribution in [0.5, 0.6) is 0 Å². The maximum Gasteiger partial charge on any atom is 0.304 e. The molecule has 1 aromatic carbocycles. The van der Waals surface area contributed by atoms with Crippen molar-refractivity contribution in [3.8, 4) is 0 Å². The molecular formula is C14H19NO2. The van der Waals surface area contributed by atoms with E-state index in [1.54, 1.807) is 0 Å². The van der Waals surface area contributed by atoms with Gasteiger partial charge in [-0.2, -0.15) is 0 Å². The van der Waals surface area contributed by atoms with E-state index in [2.05, 4.69) is 24.0 Å². The molecule has 1 aliphatic rings. The summed E-state index contributed by atoms with van der Waals surface area (Å²) < 4.78 is 0. The van der Waals surface area contributed by atoms with E-state index in [0.717, 1.165) is 6.54 Å². The summed E-state index contributed by atoms with van der Waals surface area (Å²) in [7, 11) is 0. The van der Waals surface area contributed by atoms with Crippen LogP contribution in [0, 0.1) is 6.92 Å². The predicted octanol–water partition coefficient (Wildman–Crippen LogP) is 2.43. The molecule has 0 amide bonds. The minimum Gasteiger partial charge on any atom is -0.481 e. The molecule has 0 aliphatic heterocycles. The topological polar surface area (TPSA) is 40.5 Å². The average Bonchev–Trinajstić information content (AvgIpc) is 3.10. The highest BCUT2D eigenvalue weighted by molar-refractivity contribution is 5.66. The van der Waals surface area contributed by atoms with Gasteiger partial charge in [0.15, 0.2) is 0 Å². The van der Waals surface area contributed by atoms with Gasteiger partial charge in [0.1, 0.15) is 0 Å². The zero-order valence-corrected chi connectivity index (χ0v) is 10.2. The molecule has 0 bridgehead atoms. The second-order valence-electron chi connectivity index (χ2n) is 4.77. The number of carbonyl (C=O) groups is 1. The van der Waals surface area contributed by atoms with Gasteiger partial charge in [0.05, 0.1) is 6.42 Å². The number of carboxylic acid groups (broad SMARTS) is 1. The van der Waals surface area contributed by atoms with Gasteiger partial charge in [0, 0.05) is 19.1 Å². The first-order chi connectivity index (χ1) is 8.16. The summed E-state index contributed by atoms with van der Waals surface area (Å²) in [6, 6.07) is 8.93. The number of hydrogen-bond acceptors (Lipinski definition) is 2. The molecule has 0 spiro atoms. The maximum absolute atomic E-state index is 10.6. The average molecular weight is 233 g/mol. The van der Waals surface area contributed by atoms with Crippen LogP contribution in [0.15, 0.2) is 24.3 Å². The van der Waals surface area contributed by atoms with E-state index in [1.165, 1.54) is 24.0 Å². The molecular weight excluding hydrogens is 214 g/mol.